The Morgan fingerprint density at radius 1 is 0.750 bits per heavy atom. The van der Waals surface area contributed by atoms with Gasteiger partial charge in [-0.3, -0.25) is 0 Å². The van der Waals surface area contributed by atoms with Crippen molar-refractivity contribution in [1.82, 2.24) is 0 Å². The molecular weight excluding hydrogens is 318 g/mol. The predicted octanol–water partition coefficient (Wildman–Crippen LogP) is 4.04. The van der Waals surface area contributed by atoms with Gasteiger partial charge in [-0.1, -0.05) is 35.6 Å². The van der Waals surface area contributed by atoms with Gasteiger partial charge in [0.1, 0.15) is 0 Å². The van der Waals surface area contributed by atoms with Gasteiger partial charge in [0.05, 0.1) is 11.2 Å². The maximum Gasteiger partial charge on any atom is 0.494 e. The van der Waals surface area contributed by atoms with Gasteiger partial charge in [0.15, 0.2) is 0 Å². The van der Waals surface area contributed by atoms with Gasteiger partial charge in [-0.05, 0) is 69.6 Å². The molecule has 2 aromatic rings. The van der Waals surface area contributed by atoms with Crippen LogP contribution in [0.15, 0.2) is 48.5 Å². The molecule has 1 fully saturated rings. The fourth-order valence-electron chi connectivity index (χ4n) is 2.38. The number of hydrogen-bond donors (Lipinski definition) is 0. The lowest BCUT2D eigenvalue weighted by Crippen LogP contribution is -2.41. The summed E-state index contributed by atoms with van der Waals surface area (Å²) >= 11 is 5.88. The zero-order chi connectivity index (χ0) is 17.4. The Labute approximate surface area is 149 Å². The molecule has 0 N–H and O–H groups in total. The minimum Gasteiger partial charge on any atom is -0.399 e. The Balaban J connectivity index is 1.74. The summed E-state index contributed by atoms with van der Waals surface area (Å²) in [4.78, 5) is 0. The zero-order valence-corrected chi connectivity index (χ0v) is 15.1. The van der Waals surface area contributed by atoms with Crippen molar-refractivity contribution in [2.75, 3.05) is 0 Å². The number of rotatable bonds is 1. The topological polar surface area (TPSA) is 18.5 Å². The third-order valence-electron chi connectivity index (χ3n) is 4.63. The molecule has 0 spiro atoms. The van der Waals surface area contributed by atoms with E-state index in [-0.39, 0.29) is 18.3 Å². The molecule has 0 unspecified atom stereocenters. The molecule has 4 heteroatoms. The van der Waals surface area contributed by atoms with Gasteiger partial charge in [0.2, 0.25) is 0 Å². The molecule has 0 saturated carbocycles. The quantitative estimate of drug-likeness (QED) is 0.577. The average Bonchev–Trinajstić information content (AvgIpc) is 2.75. The highest BCUT2D eigenvalue weighted by Crippen LogP contribution is 2.36. The van der Waals surface area contributed by atoms with Crippen LogP contribution in [-0.2, 0) is 9.31 Å². The van der Waals surface area contributed by atoms with E-state index in [0.717, 1.165) is 16.6 Å². The van der Waals surface area contributed by atoms with Crippen molar-refractivity contribution >= 4 is 24.2 Å². The molecule has 0 aromatic heterocycles. The van der Waals surface area contributed by atoms with Crippen LogP contribution in [0.3, 0.4) is 0 Å². The second kappa shape index (κ2) is 6.29. The number of benzene rings is 2. The zero-order valence-electron chi connectivity index (χ0n) is 14.4. The van der Waals surface area contributed by atoms with Gasteiger partial charge in [-0.25, -0.2) is 0 Å². The van der Waals surface area contributed by atoms with Crippen LogP contribution in [0.5, 0.6) is 0 Å². The predicted molar refractivity (Wildman–Crippen MR) is 99.6 cm³/mol. The van der Waals surface area contributed by atoms with Gasteiger partial charge in [0, 0.05) is 16.1 Å². The van der Waals surface area contributed by atoms with Crippen molar-refractivity contribution in [1.29, 1.82) is 0 Å². The van der Waals surface area contributed by atoms with Crippen LogP contribution in [0, 0.1) is 11.8 Å². The molecule has 122 valence electrons. The lowest BCUT2D eigenvalue weighted by Gasteiger charge is -2.32. The largest absolute Gasteiger partial charge is 0.494 e. The van der Waals surface area contributed by atoms with E-state index in [4.69, 9.17) is 20.9 Å². The van der Waals surface area contributed by atoms with E-state index in [2.05, 4.69) is 39.5 Å². The van der Waals surface area contributed by atoms with Gasteiger partial charge < -0.3 is 9.31 Å². The van der Waals surface area contributed by atoms with E-state index < -0.39 is 0 Å². The Bertz CT molecular complexity index is 767. The summed E-state index contributed by atoms with van der Waals surface area (Å²) in [5, 5.41) is 0.715. The molecule has 2 aromatic carbocycles. The van der Waals surface area contributed by atoms with Crippen LogP contribution in [0.1, 0.15) is 38.8 Å². The second-order valence-corrected chi connectivity index (χ2v) is 7.40. The van der Waals surface area contributed by atoms with Gasteiger partial charge in [-0.15, -0.1) is 0 Å². The molecule has 1 aliphatic rings. The summed E-state index contributed by atoms with van der Waals surface area (Å²) in [7, 11) is -0.340. The Morgan fingerprint density at radius 2 is 1.17 bits per heavy atom. The lowest BCUT2D eigenvalue weighted by molar-refractivity contribution is 0.00578. The molecule has 0 radical (unpaired) electrons. The molecule has 0 aliphatic carbocycles. The van der Waals surface area contributed by atoms with Crippen LogP contribution in [-0.4, -0.2) is 18.3 Å². The molecule has 24 heavy (non-hydrogen) atoms. The van der Waals surface area contributed by atoms with Crippen molar-refractivity contribution in [2.45, 2.75) is 38.9 Å². The first-order chi connectivity index (χ1) is 11.3. The van der Waals surface area contributed by atoms with E-state index in [0.29, 0.717) is 5.02 Å². The Morgan fingerprint density at radius 3 is 1.62 bits per heavy atom. The third kappa shape index (κ3) is 3.52. The van der Waals surface area contributed by atoms with Crippen LogP contribution in [0.25, 0.3) is 0 Å². The maximum absolute atomic E-state index is 6.06. The molecule has 0 bridgehead atoms. The van der Waals surface area contributed by atoms with Gasteiger partial charge >= 0.3 is 7.12 Å². The summed E-state index contributed by atoms with van der Waals surface area (Å²) in [5.41, 5.74) is 2.24. The molecule has 0 amide bonds. The molecule has 0 atom stereocenters. The first kappa shape index (κ1) is 17.1. The summed E-state index contributed by atoms with van der Waals surface area (Å²) in [6.45, 7) is 8.22. The average molecular weight is 339 g/mol. The van der Waals surface area contributed by atoms with Crippen molar-refractivity contribution in [3.63, 3.8) is 0 Å². The molecule has 2 nitrogen and oxygen atoms in total. The SMILES string of the molecule is CC1(C)OB(c2ccc(C#Cc3ccc(Cl)cc3)cc2)OC1(C)C. The van der Waals surface area contributed by atoms with Crippen molar-refractivity contribution < 1.29 is 9.31 Å². The highest BCUT2D eigenvalue weighted by molar-refractivity contribution is 6.62. The summed E-state index contributed by atoms with van der Waals surface area (Å²) in [6, 6.07) is 15.5. The number of halogens is 1. The first-order valence-corrected chi connectivity index (χ1v) is 8.38. The molecule has 1 heterocycles. The van der Waals surface area contributed by atoms with E-state index in [1.54, 1.807) is 0 Å². The van der Waals surface area contributed by atoms with E-state index in [9.17, 15) is 0 Å². The highest BCUT2D eigenvalue weighted by Gasteiger charge is 2.51. The molecular formula is C20H20BClO2. The monoisotopic (exact) mass is 338 g/mol. The van der Waals surface area contributed by atoms with Crippen molar-refractivity contribution in [2.24, 2.45) is 0 Å². The van der Waals surface area contributed by atoms with Crippen molar-refractivity contribution in [3.05, 3.63) is 64.7 Å². The highest BCUT2D eigenvalue weighted by atomic mass is 35.5. The van der Waals surface area contributed by atoms with Crippen LogP contribution >= 0.6 is 11.6 Å². The van der Waals surface area contributed by atoms with E-state index in [1.807, 2.05) is 48.5 Å². The minimum atomic E-state index is -0.340. The number of hydrogen-bond acceptors (Lipinski definition) is 2. The van der Waals surface area contributed by atoms with Crippen molar-refractivity contribution in [3.8, 4) is 11.8 Å². The normalized spacial score (nSPS) is 18.1. The smallest absolute Gasteiger partial charge is 0.399 e. The minimum absolute atomic E-state index is 0.329. The fourth-order valence-corrected chi connectivity index (χ4v) is 2.51. The van der Waals surface area contributed by atoms with Gasteiger partial charge in [-0.2, -0.15) is 0 Å². The van der Waals surface area contributed by atoms with E-state index >= 15 is 0 Å². The fraction of sp³-hybridized carbons (Fsp3) is 0.300. The molecule has 3 rings (SSSR count). The summed E-state index contributed by atoms with van der Waals surface area (Å²) < 4.78 is 12.1. The Hall–Kier alpha value is -1.73. The standard InChI is InChI=1S/C20H20BClO2/c1-19(2)20(3,4)24-21(23-19)17-11-7-15(8-12-17)5-6-16-9-13-18(22)14-10-16/h7-14H,1-4H3. The maximum atomic E-state index is 6.06. The van der Waals surface area contributed by atoms with Crippen LogP contribution in [0.2, 0.25) is 5.02 Å². The van der Waals surface area contributed by atoms with Gasteiger partial charge in [0.25, 0.3) is 0 Å². The second-order valence-electron chi connectivity index (χ2n) is 6.97. The van der Waals surface area contributed by atoms with Crippen LogP contribution < -0.4 is 5.46 Å². The molecule has 1 saturated heterocycles. The third-order valence-corrected chi connectivity index (χ3v) is 4.88. The first-order valence-electron chi connectivity index (χ1n) is 8.00. The summed E-state index contributed by atoms with van der Waals surface area (Å²) in [6.07, 6.45) is 0. The summed E-state index contributed by atoms with van der Waals surface area (Å²) in [5.74, 6) is 6.29. The lowest BCUT2D eigenvalue weighted by atomic mass is 9.79. The van der Waals surface area contributed by atoms with Crippen LogP contribution in [0.4, 0.5) is 0 Å². The van der Waals surface area contributed by atoms with E-state index in [1.165, 1.54) is 0 Å². The molecule has 1 aliphatic heterocycles. The Kier molecular flexibility index (Phi) is 4.49.